The minimum Gasteiger partial charge on any atom is -0.321 e. The smallest absolute Gasteiger partial charge is 0.0834 e. The van der Waals surface area contributed by atoms with Crippen molar-refractivity contribution < 1.29 is 0 Å². The first kappa shape index (κ1) is 15.2. The predicted molar refractivity (Wildman–Crippen MR) is 84.5 cm³/mol. The van der Waals surface area contributed by atoms with Gasteiger partial charge in [-0.25, -0.2) is 0 Å². The second kappa shape index (κ2) is 6.22. The van der Waals surface area contributed by atoms with Gasteiger partial charge in [-0.3, -0.25) is 14.5 Å². The normalized spacial score (nSPS) is 30.0. The molecule has 118 valence electrons. The van der Waals surface area contributed by atoms with Crippen molar-refractivity contribution >= 4 is 11.6 Å². The van der Waals surface area contributed by atoms with Crippen molar-refractivity contribution in [1.29, 1.82) is 0 Å². The average molecular weight is 313 g/mol. The highest BCUT2D eigenvalue weighted by Gasteiger charge is 2.37. The first-order valence-corrected chi connectivity index (χ1v) is 8.02. The summed E-state index contributed by atoms with van der Waals surface area (Å²) in [5, 5.41) is 5.11. The van der Waals surface area contributed by atoms with E-state index in [0.29, 0.717) is 11.1 Å². The highest BCUT2D eigenvalue weighted by molar-refractivity contribution is 6.31. The Kier molecular flexibility index (Phi) is 4.51. The Balaban J connectivity index is 1.77. The molecular formula is C14H25ClN6. The van der Waals surface area contributed by atoms with Crippen molar-refractivity contribution in [3.8, 4) is 0 Å². The first-order valence-electron chi connectivity index (χ1n) is 7.64. The Morgan fingerprint density at radius 1 is 1.38 bits per heavy atom. The molecule has 0 amide bonds. The van der Waals surface area contributed by atoms with Crippen LogP contribution in [0, 0.1) is 0 Å². The highest BCUT2D eigenvalue weighted by Crippen LogP contribution is 2.29. The Labute approximate surface area is 131 Å². The molecule has 2 bridgehead atoms. The third kappa shape index (κ3) is 3.10. The van der Waals surface area contributed by atoms with Crippen LogP contribution in [0.3, 0.4) is 0 Å². The predicted octanol–water partition coefficient (Wildman–Crippen LogP) is 0.0977. The van der Waals surface area contributed by atoms with Gasteiger partial charge in [-0.15, -0.1) is 0 Å². The van der Waals surface area contributed by atoms with Crippen molar-refractivity contribution in [3.63, 3.8) is 0 Å². The SMILES string of the molecule is CN(C)CCn1ncc(Cl)c1C(N)C1CN2CCN1CC2. The average Bonchev–Trinajstić information content (AvgIpc) is 2.86. The fourth-order valence-electron chi connectivity index (χ4n) is 3.36. The van der Waals surface area contributed by atoms with Crippen LogP contribution in [0.4, 0.5) is 0 Å². The lowest BCUT2D eigenvalue weighted by atomic mass is 9.98. The summed E-state index contributed by atoms with van der Waals surface area (Å²) in [6.07, 6.45) is 1.73. The van der Waals surface area contributed by atoms with Crippen molar-refractivity contribution in [2.24, 2.45) is 5.73 Å². The van der Waals surface area contributed by atoms with Crippen LogP contribution < -0.4 is 5.73 Å². The molecule has 3 saturated heterocycles. The summed E-state index contributed by atoms with van der Waals surface area (Å²) in [6, 6.07) is 0.269. The summed E-state index contributed by atoms with van der Waals surface area (Å²) < 4.78 is 1.98. The van der Waals surface area contributed by atoms with E-state index >= 15 is 0 Å². The van der Waals surface area contributed by atoms with Gasteiger partial charge in [-0.2, -0.15) is 5.10 Å². The molecule has 0 radical (unpaired) electrons. The summed E-state index contributed by atoms with van der Waals surface area (Å²) >= 11 is 6.37. The van der Waals surface area contributed by atoms with Gasteiger partial charge in [-0.05, 0) is 14.1 Å². The Morgan fingerprint density at radius 3 is 2.67 bits per heavy atom. The maximum absolute atomic E-state index is 6.58. The minimum atomic E-state index is -0.0785. The van der Waals surface area contributed by atoms with Crippen LogP contribution in [0.25, 0.3) is 0 Å². The molecule has 7 heteroatoms. The number of aromatic nitrogens is 2. The maximum Gasteiger partial charge on any atom is 0.0834 e. The van der Waals surface area contributed by atoms with Crippen LogP contribution in [0.1, 0.15) is 11.7 Å². The van der Waals surface area contributed by atoms with Gasteiger partial charge < -0.3 is 10.6 Å². The van der Waals surface area contributed by atoms with Crippen LogP contribution in [0.5, 0.6) is 0 Å². The van der Waals surface area contributed by atoms with E-state index in [-0.39, 0.29) is 6.04 Å². The molecule has 3 aliphatic rings. The molecule has 0 aromatic carbocycles. The zero-order valence-electron chi connectivity index (χ0n) is 12.9. The number of hydrogen-bond acceptors (Lipinski definition) is 5. The number of hydrogen-bond donors (Lipinski definition) is 1. The molecule has 2 N–H and O–H groups in total. The van der Waals surface area contributed by atoms with Gasteiger partial charge in [0.25, 0.3) is 0 Å². The standard InChI is InChI=1S/C14H25ClN6/c1-18(2)3-8-21-14(11(15)9-17-21)13(16)12-10-19-4-6-20(12)7-5-19/h9,12-13H,3-8,10,16H2,1-2H3. The second-order valence-electron chi connectivity index (χ2n) is 6.33. The van der Waals surface area contributed by atoms with E-state index in [1.54, 1.807) is 6.20 Å². The van der Waals surface area contributed by atoms with E-state index in [1.807, 2.05) is 4.68 Å². The molecule has 0 spiro atoms. The van der Waals surface area contributed by atoms with Gasteiger partial charge in [-0.1, -0.05) is 11.6 Å². The van der Waals surface area contributed by atoms with Crippen molar-refractivity contribution in [1.82, 2.24) is 24.5 Å². The molecule has 21 heavy (non-hydrogen) atoms. The second-order valence-corrected chi connectivity index (χ2v) is 6.74. The Hall–Kier alpha value is -0.660. The lowest BCUT2D eigenvalue weighted by Gasteiger charge is -2.49. The molecule has 0 saturated carbocycles. The summed E-state index contributed by atoms with van der Waals surface area (Å²) in [5.41, 5.74) is 7.57. The Morgan fingerprint density at radius 2 is 2.10 bits per heavy atom. The molecule has 2 unspecified atom stereocenters. The quantitative estimate of drug-likeness (QED) is 0.835. The first-order chi connectivity index (χ1) is 10.1. The van der Waals surface area contributed by atoms with E-state index in [0.717, 1.165) is 51.5 Å². The zero-order valence-corrected chi connectivity index (χ0v) is 13.6. The number of likely N-dealkylation sites (N-methyl/N-ethyl adjacent to an activating group) is 1. The summed E-state index contributed by atoms with van der Waals surface area (Å²) in [7, 11) is 4.12. The minimum absolute atomic E-state index is 0.0785. The summed E-state index contributed by atoms with van der Waals surface area (Å²) in [5.74, 6) is 0. The Bertz CT molecular complexity index is 480. The lowest BCUT2D eigenvalue weighted by Crippen LogP contribution is -2.63. The van der Waals surface area contributed by atoms with E-state index < -0.39 is 0 Å². The number of fused-ring (bicyclic) bond motifs is 3. The molecule has 4 heterocycles. The number of piperazine rings is 3. The van der Waals surface area contributed by atoms with Crippen LogP contribution in [0.2, 0.25) is 5.02 Å². The van der Waals surface area contributed by atoms with Crippen LogP contribution in [0.15, 0.2) is 6.20 Å². The van der Waals surface area contributed by atoms with Gasteiger partial charge in [0.15, 0.2) is 0 Å². The molecule has 6 nitrogen and oxygen atoms in total. The third-order valence-electron chi connectivity index (χ3n) is 4.64. The highest BCUT2D eigenvalue weighted by atomic mass is 35.5. The van der Waals surface area contributed by atoms with Crippen LogP contribution >= 0.6 is 11.6 Å². The summed E-state index contributed by atoms with van der Waals surface area (Å²) in [6.45, 7) is 7.34. The van der Waals surface area contributed by atoms with E-state index in [2.05, 4.69) is 33.9 Å². The molecule has 3 fully saturated rings. The van der Waals surface area contributed by atoms with Crippen LogP contribution in [-0.2, 0) is 6.54 Å². The van der Waals surface area contributed by atoms with Crippen molar-refractivity contribution in [2.45, 2.75) is 18.6 Å². The van der Waals surface area contributed by atoms with Gasteiger partial charge in [0.05, 0.1) is 29.5 Å². The van der Waals surface area contributed by atoms with E-state index in [4.69, 9.17) is 17.3 Å². The topological polar surface area (TPSA) is 53.6 Å². The lowest BCUT2D eigenvalue weighted by molar-refractivity contribution is 0.000984. The fraction of sp³-hybridized carbons (Fsp3) is 0.786. The largest absolute Gasteiger partial charge is 0.321 e. The summed E-state index contributed by atoms with van der Waals surface area (Å²) in [4.78, 5) is 7.14. The molecule has 1 aromatic rings. The van der Waals surface area contributed by atoms with E-state index in [1.165, 1.54) is 0 Å². The number of rotatable bonds is 5. The number of halogens is 1. The molecule has 2 atom stereocenters. The molecule has 4 rings (SSSR count). The molecule has 3 aliphatic heterocycles. The van der Waals surface area contributed by atoms with Gasteiger partial charge in [0.2, 0.25) is 0 Å². The van der Waals surface area contributed by atoms with Gasteiger partial charge >= 0.3 is 0 Å². The fourth-order valence-corrected chi connectivity index (χ4v) is 3.62. The monoisotopic (exact) mass is 312 g/mol. The zero-order chi connectivity index (χ0) is 15.0. The van der Waals surface area contributed by atoms with Gasteiger partial charge in [0, 0.05) is 45.3 Å². The molecule has 1 aromatic heterocycles. The van der Waals surface area contributed by atoms with Crippen molar-refractivity contribution in [3.05, 3.63) is 16.9 Å². The maximum atomic E-state index is 6.58. The van der Waals surface area contributed by atoms with E-state index in [9.17, 15) is 0 Å². The van der Waals surface area contributed by atoms with Gasteiger partial charge in [0.1, 0.15) is 0 Å². The number of nitrogens with two attached hydrogens (primary N) is 1. The van der Waals surface area contributed by atoms with Crippen LogP contribution in [-0.4, -0.2) is 83.9 Å². The number of nitrogens with zero attached hydrogens (tertiary/aromatic N) is 5. The molecular weight excluding hydrogens is 288 g/mol. The third-order valence-corrected chi connectivity index (χ3v) is 4.93. The molecule has 0 aliphatic carbocycles. The van der Waals surface area contributed by atoms with Crippen molar-refractivity contribution in [2.75, 3.05) is 53.4 Å².